The van der Waals surface area contributed by atoms with Gasteiger partial charge in [-0.3, -0.25) is 9.59 Å². The van der Waals surface area contributed by atoms with Gasteiger partial charge < -0.3 is 20.1 Å². The Labute approximate surface area is 167 Å². The van der Waals surface area contributed by atoms with Gasteiger partial charge in [0, 0.05) is 23.2 Å². The summed E-state index contributed by atoms with van der Waals surface area (Å²) in [6.07, 6.45) is 0.912. The Hall–Kier alpha value is -3.00. The average molecular weight is 402 g/mol. The smallest absolute Gasteiger partial charge is 0.342 e. The maximum absolute atomic E-state index is 12.4. The van der Waals surface area contributed by atoms with E-state index in [0.717, 1.165) is 4.90 Å². The molecule has 0 saturated heterocycles. The molecular weight excluding hydrogens is 380 g/mol. The maximum Gasteiger partial charge on any atom is 0.342 e. The maximum atomic E-state index is 12.4. The molecule has 2 amide bonds. The van der Waals surface area contributed by atoms with Crippen LogP contribution in [0.4, 0.5) is 11.4 Å². The number of hydrogen-bond donors (Lipinski definition) is 2. The highest BCUT2D eigenvalue weighted by Gasteiger charge is 2.21. The lowest BCUT2D eigenvalue weighted by molar-refractivity contribution is -0.123. The summed E-state index contributed by atoms with van der Waals surface area (Å²) >= 11 is 1.52. The standard InChI is InChI=1S/C20H22N2O5S/c1-12(19(24)22-15-7-5-14(6-8-15)21-13(2)23)27-20(25)17-10-9-16(28-4)11-18(17)26-3/h5-12H,1-4H3,(H,21,23)(H,22,24)/t12-/m1/s1. The first-order chi connectivity index (χ1) is 13.3. The number of anilines is 2. The number of methoxy groups -OCH3 is 1. The fraction of sp³-hybridized carbons (Fsp3) is 0.250. The fourth-order valence-corrected chi connectivity index (χ4v) is 2.76. The van der Waals surface area contributed by atoms with Gasteiger partial charge in [0.05, 0.1) is 7.11 Å². The van der Waals surface area contributed by atoms with Gasteiger partial charge >= 0.3 is 5.97 Å². The highest BCUT2D eigenvalue weighted by atomic mass is 32.2. The highest BCUT2D eigenvalue weighted by Crippen LogP contribution is 2.26. The summed E-state index contributed by atoms with van der Waals surface area (Å²) < 4.78 is 10.5. The van der Waals surface area contributed by atoms with Gasteiger partial charge in [-0.2, -0.15) is 0 Å². The third-order valence-electron chi connectivity index (χ3n) is 3.75. The van der Waals surface area contributed by atoms with Gasteiger partial charge in [0.1, 0.15) is 11.3 Å². The number of esters is 1. The third kappa shape index (κ3) is 5.75. The number of amides is 2. The number of carbonyl (C=O) groups is 3. The first kappa shape index (κ1) is 21.3. The monoisotopic (exact) mass is 402 g/mol. The predicted octanol–water partition coefficient (Wildman–Crippen LogP) is 3.56. The van der Waals surface area contributed by atoms with E-state index in [1.165, 1.54) is 32.7 Å². The van der Waals surface area contributed by atoms with Crippen LogP contribution in [0.1, 0.15) is 24.2 Å². The van der Waals surface area contributed by atoms with Crippen molar-refractivity contribution in [3.8, 4) is 5.75 Å². The van der Waals surface area contributed by atoms with Crippen LogP contribution in [0.2, 0.25) is 0 Å². The highest BCUT2D eigenvalue weighted by molar-refractivity contribution is 7.98. The molecule has 2 N–H and O–H groups in total. The topological polar surface area (TPSA) is 93.7 Å². The van der Waals surface area contributed by atoms with Crippen molar-refractivity contribution in [2.75, 3.05) is 24.0 Å². The van der Waals surface area contributed by atoms with Crippen molar-refractivity contribution < 1.29 is 23.9 Å². The Kier molecular flexibility index (Phi) is 7.45. The first-order valence-electron chi connectivity index (χ1n) is 8.45. The van der Waals surface area contributed by atoms with Crippen LogP contribution in [0.5, 0.6) is 5.75 Å². The zero-order chi connectivity index (χ0) is 20.7. The van der Waals surface area contributed by atoms with E-state index in [9.17, 15) is 14.4 Å². The minimum Gasteiger partial charge on any atom is -0.496 e. The van der Waals surface area contributed by atoms with Crippen molar-refractivity contribution in [2.24, 2.45) is 0 Å². The van der Waals surface area contributed by atoms with Crippen molar-refractivity contribution in [3.05, 3.63) is 48.0 Å². The lowest BCUT2D eigenvalue weighted by atomic mass is 10.2. The molecule has 0 aromatic heterocycles. The molecule has 0 unspecified atom stereocenters. The Bertz CT molecular complexity index is 867. The molecule has 2 rings (SSSR count). The normalized spacial score (nSPS) is 11.3. The molecule has 0 aliphatic heterocycles. The van der Waals surface area contributed by atoms with Gasteiger partial charge in [0.25, 0.3) is 5.91 Å². The minimum atomic E-state index is -1.01. The van der Waals surface area contributed by atoms with Gasteiger partial charge in [0.2, 0.25) is 5.91 Å². The number of ether oxygens (including phenoxy) is 2. The van der Waals surface area contributed by atoms with Crippen LogP contribution in [-0.2, 0) is 14.3 Å². The van der Waals surface area contributed by atoms with Crippen LogP contribution in [0.15, 0.2) is 47.4 Å². The fourth-order valence-electron chi connectivity index (χ4n) is 2.33. The number of nitrogens with one attached hydrogen (secondary N) is 2. The van der Waals surface area contributed by atoms with E-state index in [4.69, 9.17) is 9.47 Å². The molecule has 28 heavy (non-hydrogen) atoms. The van der Waals surface area contributed by atoms with Crippen molar-refractivity contribution in [1.29, 1.82) is 0 Å². The van der Waals surface area contributed by atoms with Crippen LogP contribution in [0.3, 0.4) is 0 Å². The molecule has 148 valence electrons. The molecular formula is C20H22N2O5S. The van der Waals surface area contributed by atoms with Crippen molar-refractivity contribution in [3.63, 3.8) is 0 Å². The zero-order valence-corrected chi connectivity index (χ0v) is 16.9. The largest absolute Gasteiger partial charge is 0.496 e. The average Bonchev–Trinajstić information content (AvgIpc) is 2.68. The van der Waals surface area contributed by atoms with E-state index >= 15 is 0 Å². The van der Waals surface area contributed by atoms with E-state index in [0.29, 0.717) is 17.1 Å². The number of thioether (sulfide) groups is 1. The molecule has 0 saturated carbocycles. The molecule has 0 aliphatic carbocycles. The van der Waals surface area contributed by atoms with E-state index in [-0.39, 0.29) is 11.5 Å². The van der Waals surface area contributed by atoms with Gasteiger partial charge in [0.15, 0.2) is 6.10 Å². The van der Waals surface area contributed by atoms with Gasteiger partial charge in [-0.15, -0.1) is 11.8 Å². The first-order valence-corrected chi connectivity index (χ1v) is 9.68. The second kappa shape index (κ2) is 9.80. The van der Waals surface area contributed by atoms with Crippen LogP contribution in [0.25, 0.3) is 0 Å². The molecule has 0 heterocycles. The quantitative estimate of drug-likeness (QED) is 0.543. The van der Waals surface area contributed by atoms with Crippen LogP contribution < -0.4 is 15.4 Å². The van der Waals surface area contributed by atoms with Crippen LogP contribution in [-0.4, -0.2) is 37.3 Å². The Morgan fingerprint density at radius 2 is 1.61 bits per heavy atom. The molecule has 0 aliphatic rings. The third-order valence-corrected chi connectivity index (χ3v) is 4.48. The molecule has 0 fully saturated rings. The van der Waals surface area contributed by atoms with E-state index in [1.807, 2.05) is 6.26 Å². The van der Waals surface area contributed by atoms with Crippen molar-refractivity contribution >= 4 is 40.9 Å². The zero-order valence-electron chi connectivity index (χ0n) is 16.1. The number of rotatable bonds is 7. The summed E-state index contributed by atoms with van der Waals surface area (Å²) in [5, 5.41) is 5.30. The Morgan fingerprint density at radius 1 is 1.00 bits per heavy atom. The summed E-state index contributed by atoms with van der Waals surface area (Å²) in [4.78, 5) is 36.7. The number of carbonyl (C=O) groups excluding carboxylic acids is 3. The van der Waals surface area contributed by atoms with Crippen LogP contribution in [0, 0.1) is 0 Å². The van der Waals surface area contributed by atoms with E-state index in [2.05, 4.69) is 10.6 Å². The molecule has 2 aromatic carbocycles. The molecule has 0 bridgehead atoms. The summed E-state index contributed by atoms with van der Waals surface area (Å²) in [6, 6.07) is 11.7. The molecule has 7 nitrogen and oxygen atoms in total. The molecule has 0 spiro atoms. The second-order valence-electron chi connectivity index (χ2n) is 5.86. The molecule has 0 radical (unpaired) electrons. The molecule has 8 heteroatoms. The lowest BCUT2D eigenvalue weighted by Crippen LogP contribution is -2.30. The van der Waals surface area contributed by atoms with Crippen LogP contribution >= 0.6 is 11.8 Å². The number of hydrogen-bond acceptors (Lipinski definition) is 6. The van der Waals surface area contributed by atoms with E-state index < -0.39 is 18.0 Å². The summed E-state index contributed by atoms with van der Waals surface area (Å²) in [6.45, 7) is 2.90. The molecule has 2 aromatic rings. The summed E-state index contributed by atoms with van der Waals surface area (Å²) in [5.41, 5.74) is 1.38. The second-order valence-corrected chi connectivity index (χ2v) is 6.74. The van der Waals surface area contributed by atoms with Crippen molar-refractivity contribution in [1.82, 2.24) is 0 Å². The lowest BCUT2D eigenvalue weighted by Gasteiger charge is -2.15. The number of benzene rings is 2. The predicted molar refractivity (Wildman–Crippen MR) is 109 cm³/mol. The minimum absolute atomic E-state index is 0.182. The van der Waals surface area contributed by atoms with Crippen molar-refractivity contribution in [2.45, 2.75) is 24.8 Å². The summed E-state index contributed by atoms with van der Waals surface area (Å²) in [7, 11) is 1.47. The molecule has 1 atom stereocenters. The van der Waals surface area contributed by atoms with E-state index in [1.54, 1.807) is 42.5 Å². The van der Waals surface area contributed by atoms with Gasteiger partial charge in [-0.05, 0) is 55.6 Å². The Morgan fingerprint density at radius 3 is 2.14 bits per heavy atom. The van der Waals surface area contributed by atoms with Gasteiger partial charge in [-0.1, -0.05) is 0 Å². The summed E-state index contributed by atoms with van der Waals surface area (Å²) in [5.74, 6) is -0.912. The van der Waals surface area contributed by atoms with Gasteiger partial charge in [-0.25, -0.2) is 4.79 Å². The SMILES string of the molecule is COc1cc(SC)ccc1C(=O)O[C@H](C)C(=O)Nc1ccc(NC(C)=O)cc1. The Balaban J connectivity index is 2.00.